The molecule has 0 unspecified atom stereocenters. The average Bonchev–Trinajstić information content (AvgIpc) is 2.92. The van der Waals surface area contributed by atoms with Crippen LogP contribution in [0.3, 0.4) is 0 Å². The molecule has 22 heavy (non-hydrogen) atoms. The molecule has 3 rings (SSSR count). The van der Waals surface area contributed by atoms with Crippen molar-refractivity contribution in [3.8, 4) is 17.4 Å². The summed E-state index contributed by atoms with van der Waals surface area (Å²) in [6, 6.07) is 16.7. The van der Waals surface area contributed by atoms with Crippen molar-refractivity contribution < 1.29 is 9.47 Å². The van der Waals surface area contributed by atoms with Crippen molar-refractivity contribution >= 4 is 38.9 Å². The zero-order chi connectivity index (χ0) is 15.4. The van der Waals surface area contributed by atoms with Crippen LogP contribution in [0.2, 0.25) is 5.15 Å². The molecule has 0 bridgehead atoms. The molecule has 0 radical (unpaired) electrons. The highest BCUT2D eigenvalue weighted by Gasteiger charge is 2.02. The van der Waals surface area contributed by atoms with Gasteiger partial charge in [0.05, 0.1) is 3.79 Å². The van der Waals surface area contributed by atoms with Crippen molar-refractivity contribution in [2.45, 2.75) is 6.61 Å². The normalized spacial score (nSPS) is 10.5. The minimum atomic E-state index is 0.402. The summed E-state index contributed by atoms with van der Waals surface area (Å²) in [5.74, 6) is 1.93. The van der Waals surface area contributed by atoms with E-state index in [2.05, 4.69) is 20.9 Å². The lowest BCUT2D eigenvalue weighted by Crippen LogP contribution is -1.93. The van der Waals surface area contributed by atoms with Gasteiger partial charge in [0, 0.05) is 10.9 Å². The van der Waals surface area contributed by atoms with Gasteiger partial charge in [-0.05, 0) is 58.4 Å². The van der Waals surface area contributed by atoms with Gasteiger partial charge in [0.1, 0.15) is 23.3 Å². The molecule has 0 saturated carbocycles. The molecule has 2 heterocycles. The summed E-state index contributed by atoms with van der Waals surface area (Å²) >= 11 is 10.9. The number of benzene rings is 1. The van der Waals surface area contributed by atoms with Crippen LogP contribution in [0.4, 0.5) is 0 Å². The van der Waals surface area contributed by atoms with E-state index in [1.165, 1.54) is 0 Å². The molecular formula is C16H11BrClNO2S. The highest BCUT2D eigenvalue weighted by molar-refractivity contribution is 9.11. The van der Waals surface area contributed by atoms with E-state index in [9.17, 15) is 0 Å². The summed E-state index contributed by atoms with van der Waals surface area (Å²) < 4.78 is 12.5. The monoisotopic (exact) mass is 395 g/mol. The lowest BCUT2D eigenvalue weighted by molar-refractivity contribution is 0.309. The second kappa shape index (κ2) is 7.13. The van der Waals surface area contributed by atoms with Gasteiger partial charge < -0.3 is 9.47 Å². The first-order chi connectivity index (χ1) is 10.7. The minimum Gasteiger partial charge on any atom is -0.488 e. The number of hydrogen-bond donors (Lipinski definition) is 0. The Labute approximate surface area is 145 Å². The summed E-state index contributed by atoms with van der Waals surface area (Å²) in [4.78, 5) is 5.24. The van der Waals surface area contributed by atoms with E-state index in [1.807, 2.05) is 36.4 Å². The quantitative estimate of drug-likeness (QED) is 0.501. The third-order valence-electron chi connectivity index (χ3n) is 2.75. The maximum absolute atomic E-state index is 5.82. The number of nitrogens with zero attached hydrogens (tertiary/aromatic N) is 1. The van der Waals surface area contributed by atoms with Crippen LogP contribution in [0.5, 0.6) is 17.4 Å². The fraction of sp³-hybridized carbons (Fsp3) is 0.0625. The van der Waals surface area contributed by atoms with E-state index >= 15 is 0 Å². The van der Waals surface area contributed by atoms with Crippen molar-refractivity contribution in [1.29, 1.82) is 0 Å². The molecule has 0 saturated heterocycles. The van der Waals surface area contributed by atoms with Gasteiger partial charge in [0.25, 0.3) is 0 Å². The molecule has 6 heteroatoms. The van der Waals surface area contributed by atoms with Crippen LogP contribution in [-0.4, -0.2) is 4.98 Å². The van der Waals surface area contributed by atoms with Gasteiger partial charge in [-0.2, -0.15) is 0 Å². The van der Waals surface area contributed by atoms with Crippen LogP contribution >= 0.6 is 38.9 Å². The molecular weight excluding hydrogens is 386 g/mol. The summed E-state index contributed by atoms with van der Waals surface area (Å²) in [5.41, 5.74) is 0. The molecule has 0 aliphatic carbocycles. The summed E-state index contributed by atoms with van der Waals surface area (Å²) in [7, 11) is 0. The van der Waals surface area contributed by atoms with Gasteiger partial charge in [-0.3, -0.25) is 0 Å². The Morgan fingerprint density at radius 2 is 1.77 bits per heavy atom. The second-order valence-electron chi connectivity index (χ2n) is 4.37. The average molecular weight is 397 g/mol. The number of aromatic nitrogens is 1. The first-order valence-electron chi connectivity index (χ1n) is 6.46. The molecule has 0 amide bonds. The standard InChI is InChI=1S/C16H11BrClNO2S/c17-14-9-8-13(22-14)10-20-11-4-6-12(7-5-11)21-16-3-1-2-15(18)19-16/h1-9H,10H2. The number of hydrogen-bond acceptors (Lipinski definition) is 4. The van der Waals surface area contributed by atoms with Gasteiger partial charge in [0.15, 0.2) is 0 Å². The van der Waals surface area contributed by atoms with Gasteiger partial charge in [0.2, 0.25) is 5.88 Å². The van der Waals surface area contributed by atoms with Crippen molar-refractivity contribution in [1.82, 2.24) is 4.98 Å². The molecule has 2 aromatic heterocycles. The molecule has 0 fully saturated rings. The number of thiophene rings is 1. The van der Waals surface area contributed by atoms with Crippen LogP contribution in [-0.2, 0) is 6.61 Å². The summed E-state index contributed by atoms with van der Waals surface area (Å²) in [6.45, 7) is 0.548. The number of halogens is 2. The molecule has 0 N–H and O–H groups in total. The lowest BCUT2D eigenvalue weighted by Gasteiger charge is -2.07. The Hall–Kier alpha value is -1.56. The van der Waals surface area contributed by atoms with Gasteiger partial charge in [-0.15, -0.1) is 11.3 Å². The highest BCUT2D eigenvalue weighted by Crippen LogP contribution is 2.26. The lowest BCUT2D eigenvalue weighted by atomic mass is 10.3. The molecule has 1 aromatic carbocycles. The number of pyridine rings is 1. The predicted octanol–water partition coefficient (Wildman–Crippen LogP) is 5.93. The smallest absolute Gasteiger partial charge is 0.220 e. The molecule has 0 spiro atoms. The highest BCUT2D eigenvalue weighted by atomic mass is 79.9. The van der Waals surface area contributed by atoms with Gasteiger partial charge in [-0.25, -0.2) is 4.98 Å². The van der Waals surface area contributed by atoms with E-state index in [0.29, 0.717) is 23.4 Å². The maximum Gasteiger partial charge on any atom is 0.220 e. The largest absolute Gasteiger partial charge is 0.488 e. The van der Waals surface area contributed by atoms with Crippen LogP contribution in [0.25, 0.3) is 0 Å². The van der Waals surface area contributed by atoms with Crippen molar-refractivity contribution in [2.75, 3.05) is 0 Å². The third kappa shape index (κ3) is 4.22. The summed E-state index contributed by atoms with van der Waals surface area (Å²) in [6.07, 6.45) is 0. The van der Waals surface area contributed by atoms with Crippen LogP contribution < -0.4 is 9.47 Å². The van der Waals surface area contributed by atoms with E-state index in [0.717, 1.165) is 14.4 Å². The first-order valence-corrected chi connectivity index (χ1v) is 8.45. The van der Waals surface area contributed by atoms with E-state index in [-0.39, 0.29) is 0 Å². The molecule has 0 aliphatic heterocycles. The summed E-state index contributed by atoms with van der Waals surface area (Å²) in [5, 5.41) is 0.402. The zero-order valence-corrected chi connectivity index (χ0v) is 14.5. The van der Waals surface area contributed by atoms with Gasteiger partial charge >= 0.3 is 0 Å². The maximum atomic E-state index is 5.82. The topological polar surface area (TPSA) is 31.4 Å². The Balaban J connectivity index is 1.60. The van der Waals surface area contributed by atoms with Crippen molar-refractivity contribution in [2.24, 2.45) is 0 Å². The Morgan fingerprint density at radius 3 is 2.45 bits per heavy atom. The minimum absolute atomic E-state index is 0.402. The van der Waals surface area contributed by atoms with E-state index in [1.54, 1.807) is 29.5 Å². The Kier molecular flexibility index (Phi) is 4.97. The Bertz CT molecular complexity index is 761. The van der Waals surface area contributed by atoms with E-state index in [4.69, 9.17) is 21.1 Å². The van der Waals surface area contributed by atoms with Crippen LogP contribution in [0.15, 0.2) is 58.4 Å². The van der Waals surface area contributed by atoms with Crippen molar-refractivity contribution in [3.05, 3.63) is 68.4 Å². The fourth-order valence-corrected chi connectivity index (χ4v) is 3.31. The molecule has 0 aliphatic rings. The number of ether oxygens (including phenoxy) is 2. The SMILES string of the molecule is Clc1cccc(Oc2ccc(OCc3ccc(Br)s3)cc2)n1. The molecule has 3 nitrogen and oxygen atoms in total. The van der Waals surface area contributed by atoms with Gasteiger partial charge in [-0.1, -0.05) is 17.7 Å². The second-order valence-corrected chi connectivity index (χ2v) is 7.30. The predicted molar refractivity (Wildman–Crippen MR) is 92.1 cm³/mol. The van der Waals surface area contributed by atoms with E-state index < -0.39 is 0 Å². The molecule has 0 atom stereocenters. The van der Waals surface area contributed by atoms with Crippen LogP contribution in [0, 0.1) is 0 Å². The number of rotatable bonds is 5. The first kappa shape index (κ1) is 15.3. The molecule has 112 valence electrons. The Morgan fingerprint density at radius 1 is 1.00 bits per heavy atom. The zero-order valence-electron chi connectivity index (χ0n) is 11.3. The fourth-order valence-electron chi connectivity index (χ4n) is 1.75. The third-order valence-corrected chi connectivity index (χ3v) is 4.55. The van der Waals surface area contributed by atoms with Crippen LogP contribution in [0.1, 0.15) is 4.88 Å². The van der Waals surface area contributed by atoms with Crippen molar-refractivity contribution in [3.63, 3.8) is 0 Å². The molecule has 3 aromatic rings.